The van der Waals surface area contributed by atoms with Gasteiger partial charge in [-0.25, -0.2) is 5.43 Å². The lowest BCUT2D eigenvalue weighted by Crippen LogP contribution is -2.28. The Bertz CT molecular complexity index is 556. The maximum Gasteiger partial charge on any atom is 0.0515 e. The highest BCUT2D eigenvalue weighted by Crippen LogP contribution is 2.24. The minimum absolute atomic E-state index is 0.365. The standard InChI is InChI=1S/C17H20ClN3/c18-16-8-6-13(7-9-16)10-19-11-15-12-20-21-17(15)14-4-2-1-3-5-14/h1-9,15,17,19-21H,10-12H2. The van der Waals surface area contributed by atoms with E-state index in [9.17, 15) is 0 Å². The Morgan fingerprint density at radius 1 is 1.05 bits per heavy atom. The molecule has 1 aliphatic rings. The van der Waals surface area contributed by atoms with Crippen molar-refractivity contribution in [3.05, 3.63) is 70.7 Å². The summed E-state index contributed by atoms with van der Waals surface area (Å²) in [6, 6.07) is 19.0. The van der Waals surface area contributed by atoms with Crippen LogP contribution in [-0.4, -0.2) is 13.1 Å². The summed E-state index contributed by atoms with van der Waals surface area (Å²) >= 11 is 5.90. The van der Waals surface area contributed by atoms with Crippen LogP contribution in [0, 0.1) is 5.92 Å². The van der Waals surface area contributed by atoms with E-state index in [1.54, 1.807) is 0 Å². The zero-order chi connectivity index (χ0) is 14.5. The summed E-state index contributed by atoms with van der Waals surface area (Å²) in [5.74, 6) is 0.541. The van der Waals surface area contributed by atoms with Crippen LogP contribution in [0.15, 0.2) is 54.6 Å². The average molecular weight is 302 g/mol. The van der Waals surface area contributed by atoms with Crippen molar-refractivity contribution in [2.24, 2.45) is 5.92 Å². The molecule has 0 spiro atoms. The third-order valence-electron chi connectivity index (χ3n) is 3.90. The Hall–Kier alpha value is -1.39. The number of hydrogen-bond donors (Lipinski definition) is 3. The Labute approximate surface area is 130 Å². The molecule has 1 aliphatic heterocycles. The van der Waals surface area contributed by atoms with Gasteiger partial charge in [-0.1, -0.05) is 54.1 Å². The second kappa shape index (κ2) is 7.05. The highest BCUT2D eigenvalue weighted by Gasteiger charge is 2.27. The second-order valence-corrected chi connectivity index (χ2v) is 5.87. The van der Waals surface area contributed by atoms with Gasteiger partial charge in [0.25, 0.3) is 0 Å². The molecule has 1 fully saturated rings. The van der Waals surface area contributed by atoms with Crippen LogP contribution in [0.5, 0.6) is 0 Å². The molecule has 0 amide bonds. The van der Waals surface area contributed by atoms with Crippen molar-refractivity contribution in [2.75, 3.05) is 13.1 Å². The fourth-order valence-electron chi connectivity index (χ4n) is 2.75. The number of benzene rings is 2. The third kappa shape index (κ3) is 3.83. The van der Waals surface area contributed by atoms with Crippen LogP contribution in [0.3, 0.4) is 0 Å². The van der Waals surface area contributed by atoms with E-state index in [1.807, 2.05) is 12.1 Å². The van der Waals surface area contributed by atoms with Gasteiger partial charge in [0.1, 0.15) is 0 Å². The summed E-state index contributed by atoms with van der Waals surface area (Å²) in [7, 11) is 0. The molecule has 0 aliphatic carbocycles. The molecule has 21 heavy (non-hydrogen) atoms. The quantitative estimate of drug-likeness (QED) is 0.795. The lowest BCUT2D eigenvalue weighted by atomic mass is 9.95. The highest BCUT2D eigenvalue weighted by atomic mass is 35.5. The number of hydrogen-bond acceptors (Lipinski definition) is 3. The molecular formula is C17H20ClN3. The first-order valence-corrected chi connectivity index (χ1v) is 7.69. The minimum Gasteiger partial charge on any atom is -0.312 e. The molecule has 3 N–H and O–H groups in total. The van der Waals surface area contributed by atoms with Crippen molar-refractivity contribution < 1.29 is 0 Å². The topological polar surface area (TPSA) is 36.1 Å². The summed E-state index contributed by atoms with van der Waals surface area (Å²) < 4.78 is 0. The summed E-state index contributed by atoms with van der Waals surface area (Å²) in [4.78, 5) is 0. The van der Waals surface area contributed by atoms with Gasteiger partial charge < -0.3 is 5.32 Å². The van der Waals surface area contributed by atoms with Crippen molar-refractivity contribution in [1.82, 2.24) is 16.2 Å². The fourth-order valence-corrected chi connectivity index (χ4v) is 2.87. The zero-order valence-electron chi connectivity index (χ0n) is 11.9. The lowest BCUT2D eigenvalue weighted by molar-refractivity contribution is 0.441. The molecule has 1 heterocycles. The van der Waals surface area contributed by atoms with Crippen LogP contribution in [-0.2, 0) is 6.54 Å². The minimum atomic E-state index is 0.365. The first-order valence-electron chi connectivity index (χ1n) is 7.31. The second-order valence-electron chi connectivity index (χ2n) is 5.43. The molecular weight excluding hydrogens is 282 g/mol. The molecule has 3 rings (SSSR count). The van der Waals surface area contributed by atoms with E-state index in [1.165, 1.54) is 11.1 Å². The Morgan fingerprint density at radius 3 is 2.57 bits per heavy atom. The van der Waals surface area contributed by atoms with Crippen LogP contribution >= 0.6 is 11.6 Å². The molecule has 3 nitrogen and oxygen atoms in total. The molecule has 2 unspecified atom stereocenters. The smallest absolute Gasteiger partial charge is 0.0515 e. The predicted molar refractivity (Wildman–Crippen MR) is 87.0 cm³/mol. The van der Waals surface area contributed by atoms with Gasteiger partial charge in [-0.05, 0) is 23.3 Å². The van der Waals surface area contributed by atoms with Gasteiger partial charge in [-0.3, -0.25) is 5.43 Å². The van der Waals surface area contributed by atoms with Crippen molar-refractivity contribution in [3.8, 4) is 0 Å². The first-order chi connectivity index (χ1) is 10.3. The maximum absolute atomic E-state index is 5.90. The van der Waals surface area contributed by atoms with Crippen LogP contribution in [0.1, 0.15) is 17.2 Å². The summed E-state index contributed by atoms with van der Waals surface area (Å²) in [5, 5.41) is 4.32. The van der Waals surface area contributed by atoms with Crippen LogP contribution < -0.4 is 16.2 Å². The molecule has 0 saturated carbocycles. The third-order valence-corrected chi connectivity index (χ3v) is 4.15. The van der Waals surface area contributed by atoms with E-state index in [-0.39, 0.29) is 0 Å². The van der Waals surface area contributed by atoms with E-state index >= 15 is 0 Å². The van der Waals surface area contributed by atoms with Gasteiger partial charge in [-0.15, -0.1) is 0 Å². The number of hydrazine groups is 1. The number of nitrogens with one attached hydrogen (secondary N) is 3. The fraction of sp³-hybridized carbons (Fsp3) is 0.294. The monoisotopic (exact) mass is 301 g/mol. The maximum atomic E-state index is 5.90. The summed E-state index contributed by atoms with van der Waals surface area (Å²) in [6.07, 6.45) is 0. The predicted octanol–water partition coefficient (Wildman–Crippen LogP) is 2.89. The van der Waals surface area contributed by atoms with E-state index in [0.717, 1.165) is 24.7 Å². The Balaban J connectivity index is 1.53. The van der Waals surface area contributed by atoms with Crippen LogP contribution in [0.25, 0.3) is 0 Å². The van der Waals surface area contributed by atoms with Crippen molar-refractivity contribution >= 4 is 11.6 Å². The van der Waals surface area contributed by atoms with Gasteiger partial charge in [0, 0.05) is 30.6 Å². The molecule has 2 atom stereocenters. The largest absolute Gasteiger partial charge is 0.312 e. The molecule has 4 heteroatoms. The highest BCUT2D eigenvalue weighted by molar-refractivity contribution is 6.30. The lowest BCUT2D eigenvalue weighted by Gasteiger charge is -2.19. The zero-order valence-corrected chi connectivity index (χ0v) is 12.6. The summed E-state index contributed by atoms with van der Waals surface area (Å²) in [6.45, 7) is 2.82. The summed E-state index contributed by atoms with van der Waals surface area (Å²) in [5.41, 5.74) is 9.23. The van der Waals surface area contributed by atoms with Crippen molar-refractivity contribution in [3.63, 3.8) is 0 Å². The van der Waals surface area contributed by atoms with Gasteiger partial charge >= 0.3 is 0 Å². The Morgan fingerprint density at radius 2 is 1.81 bits per heavy atom. The van der Waals surface area contributed by atoms with Gasteiger partial charge in [0.15, 0.2) is 0 Å². The van der Waals surface area contributed by atoms with Gasteiger partial charge in [0.2, 0.25) is 0 Å². The molecule has 0 aromatic heterocycles. The van der Waals surface area contributed by atoms with E-state index in [4.69, 9.17) is 11.6 Å². The van der Waals surface area contributed by atoms with E-state index < -0.39 is 0 Å². The van der Waals surface area contributed by atoms with E-state index in [2.05, 4.69) is 58.6 Å². The van der Waals surface area contributed by atoms with Crippen LogP contribution in [0.2, 0.25) is 5.02 Å². The molecule has 2 aromatic carbocycles. The van der Waals surface area contributed by atoms with Gasteiger partial charge in [0.05, 0.1) is 6.04 Å². The van der Waals surface area contributed by atoms with Gasteiger partial charge in [-0.2, -0.15) is 0 Å². The molecule has 2 aromatic rings. The Kier molecular flexibility index (Phi) is 4.88. The first kappa shape index (κ1) is 14.5. The number of halogens is 1. The molecule has 1 saturated heterocycles. The van der Waals surface area contributed by atoms with Crippen LogP contribution in [0.4, 0.5) is 0 Å². The molecule has 110 valence electrons. The number of rotatable bonds is 5. The van der Waals surface area contributed by atoms with E-state index in [0.29, 0.717) is 12.0 Å². The molecule has 0 bridgehead atoms. The molecule has 0 radical (unpaired) electrons. The van der Waals surface area contributed by atoms with Crippen molar-refractivity contribution in [2.45, 2.75) is 12.6 Å². The van der Waals surface area contributed by atoms with Crippen molar-refractivity contribution in [1.29, 1.82) is 0 Å². The SMILES string of the molecule is Clc1ccc(CNCC2CNNC2c2ccccc2)cc1. The average Bonchev–Trinajstić information content (AvgIpc) is 2.99. The normalized spacial score (nSPS) is 21.6.